The van der Waals surface area contributed by atoms with Crippen LogP contribution in [0.25, 0.3) is 0 Å². The van der Waals surface area contributed by atoms with Crippen molar-refractivity contribution in [2.45, 2.75) is 63.0 Å². The first-order valence-electron chi connectivity index (χ1n) is 13.5. The number of nitrogens with zero attached hydrogens (tertiary/aromatic N) is 4. The molecule has 1 aliphatic carbocycles. The Morgan fingerprint density at radius 3 is 2.59 bits per heavy atom. The number of nitrogens with one attached hydrogen (secondary N) is 1. The summed E-state index contributed by atoms with van der Waals surface area (Å²) in [5, 5.41) is 14.7. The standard InChI is InChI=1S/C28H38ClN5O3/c1-19-17-23(35)25-24(19)26(31-18-30-25)33-11-13-34(14-12-33)27(36)22(20-3-5-21(29)6-4-20)7-10-32-28(2)8-15-37-16-9-28/h3-6,18-19,22-23,32,35H,7-17H2,1-2H3/t19-,22-,23-/m1/s1. The van der Waals surface area contributed by atoms with E-state index >= 15 is 0 Å². The van der Waals surface area contributed by atoms with E-state index in [0.717, 1.165) is 61.7 Å². The topological polar surface area (TPSA) is 90.8 Å². The number of ether oxygens (including phenoxy) is 1. The van der Waals surface area contributed by atoms with Crippen LogP contribution in [0.2, 0.25) is 5.02 Å². The quantitative estimate of drug-likeness (QED) is 0.568. The van der Waals surface area contributed by atoms with Crippen LogP contribution in [0.3, 0.4) is 0 Å². The highest BCUT2D eigenvalue weighted by Crippen LogP contribution is 2.42. The molecule has 0 bridgehead atoms. The van der Waals surface area contributed by atoms with Crippen LogP contribution in [0.15, 0.2) is 30.6 Å². The molecule has 2 N–H and O–H groups in total. The Bertz CT molecular complexity index is 1080. The van der Waals surface area contributed by atoms with Gasteiger partial charge in [-0.3, -0.25) is 4.79 Å². The Morgan fingerprint density at radius 1 is 1.19 bits per heavy atom. The van der Waals surface area contributed by atoms with Gasteiger partial charge in [-0.05, 0) is 62.8 Å². The van der Waals surface area contributed by atoms with Crippen LogP contribution in [0, 0.1) is 0 Å². The van der Waals surface area contributed by atoms with E-state index in [-0.39, 0.29) is 23.3 Å². The number of anilines is 1. The molecule has 2 aromatic rings. The Labute approximate surface area is 224 Å². The average Bonchev–Trinajstić information content (AvgIpc) is 3.21. The molecule has 1 aromatic carbocycles. The Kier molecular flexibility index (Phi) is 8.00. The molecule has 3 atom stereocenters. The third kappa shape index (κ3) is 5.77. The van der Waals surface area contributed by atoms with Gasteiger partial charge < -0.3 is 25.0 Å². The number of amides is 1. The number of benzene rings is 1. The molecule has 5 rings (SSSR count). The zero-order valence-corrected chi connectivity index (χ0v) is 22.6. The molecule has 200 valence electrons. The summed E-state index contributed by atoms with van der Waals surface area (Å²) in [4.78, 5) is 27.0. The monoisotopic (exact) mass is 527 g/mol. The molecule has 2 saturated heterocycles. The molecule has 8 nitrogen and oxygen atoms in total. The highest BCUT2D eigenvalue weighted by atomic mass is 35.5. The van der Waals surface area contributed by atoms with Crippen LogP contribution in [0.4, 0.5) is 5.82 Å². The van der Waals surface area contributed by atoms with Crippen LogP contribution in [0.5, 0.6) is 0 Å². The van der Waals surface area contributed by atoms with Crippen molar-refractivity contribution < 1.29 is 14.6 Å². The summed E-state index contributed by atoms with van der Waals surface area (Å²) in [6, 6.07) is 7.70. The Hall–Kier alpha value is -2.26. The highest BCUT2D eigenvalue weighted by Gasteiger charge is 2.35. The number of piperazine rings is 1. The molecular formula is C28H38ClN5O3. The van der Waals surface area contributed by atoms with E-state index in [9.17, 15) is 9.90 Å². The fourth-order valence-corrected chi connectivity index (χ4v) is 6.08. The van der Waals surface area contributed by atoms with Gasteiger partial charge in [0.1, 0.15) is 12.1 Å². The molecule has 3 aliphatic rings. The predicted octanol–water partition coefficient (Wildman–Crippen LogP) is 3.65. The third-order valence-electron chi connectivity index (χ3n) is 8.32. The minimum absolute atomic E-state index is 0.0555. The SMILES string of the molecule is C[C@@H]1C[C@@H](O)c2ncnc(N3CCN(C(=O)[C@H](CCNC4(C)CCOCC4)c4ccc(Cl)cc4)CC3)c21. The first kappa shape index (κ1) is 26.4. The number of aliphatic hydroxyl groups excluding tert-OH is 1. The number of aliphatic hydroxyl groups is 1. The summed E-state index contributed by atoms with van der Waals surface area (Å²) < 4.78 is 5.53. The van der Waals surface area contributed by atoms with Crippen LogP contribution in [0.1, 0.15) is 74.3 Å². The van der Waals surface area contributed by atoms with E-state index in [0.29, 0.717) is 37.6 Å². The van der Waals surface area contributed by atoms with Gasteiger partial charge in [-0.25, -0.2) is 9.97 Å². The number of halogens is 1. The van der Waals surface area contributed by atoms with Crippen molar-refractivity contribution >= 4 is 23.3 Å². The van der Waals surface area contributed by atoms with E-state index < -0.39 is 6.10 Å². The van der Waals surface area contributed by atoms with Gasteiger partial charge in [-0.15, -0.1) is 0 Å². The fraction of sp³-hybridized carbons (Fsp3) is 0.607. The summed E-state index contributed by atoms with van der Waals surface area (Å²) in [5.74, 6) is 1.07. The number of rotatable bonds is 7. The number of hydrogen-bond acceptors (Lipinski definition) is 7. The number of fused-ring (bicyclic) bond motifs is 1. The lowest BCUT2D eigenvalue weighted by molar-refractivity contribution is -0.133. The second kappa shape index (κ2) is 11.2. The van der Waals surface area contributed by atoms with E-state index in [1.54, 1.807) is 6.33 Å². The number of carbonyl (C=O) groups excluding carboxylic acids is 1. The Morgan fingerprint density at radius 2 is 1.89 bits per heavy atom. The molecule has 0 spiro atoms. The average molecular weight is 528 g/mol. The van der Waals surface area contributed by atoms with Crippen molar-refractivity contribution in [3.05, 3.63) is 52.4 Å². The van der Waals surface area contributed by atoms with E-state index in [4.69, 9.17) is 16.3 Å². The summed E-state index contributed by atoms with van der Waals surface area (Å²) in [5.41, 5.74) is 2.87. The minimum Gasteiger partial charge on any atom is -0.387 e. The van der Waals surface area contributed by atoms with Crippen LogP contribution < -0.4 is 10.2 Å². The third-order valence-corrected chi connectivity index (χ3v) is 8.57. The summed E-state index contributed by atoms with van der Waals surface area (Å²) in [6.45, 7) is 9.39. The first-order chi connectivity index (χ1) is 17.8. The molecule has 0 unspecified atom stereocenters. The van der Waals surface area contributed by atoms with Gasteiger partial charge in [0.2, 0.25) is 5.91 Å². The number of carbonyl (C=O) groups is 1. The lowest BCUT2D eigenvalue weighted by atomic mass is 9.90. The van der Waals surface area contributed by atoms with Gasteiger partial charge in [-0.1, -0.05) is 30.7 Å². The van der Waals surface area contributed by atoms with Gasteiger partial charge in [-0.2, -0.15) is 0 Å². The largest absolute Gasteiger partial charge is 0.387 e. The summed E-state index contributed by atoms with van der Waals surface area (Å²) >= 11 is 6.15. The first-order valence-corrected chi connectivity index (χ1v) is 13.9. The van der Waals surface area contributed by atoms with Gasteiger partial charge in [0.25, 0.3) is 0 Å². The number of aromatic nitrogens is 2. The molecule has 9 heteroatoms. The molecule has 3 heterocycles. The summed E-state index contributed by atoms with van der Waals surface area (Å²) in [7, 11) is 0. The molecular weight excluding hydrogens is 490 g/mol. The van der Waals surface area contributed by atoms with Crippen molar-refractivity contribution in [1.29, 1.82) is 0 Å². The molecule has 0 saturated carbocycles. The predicted molar refractivity (Wildman–Crippen MR) is 144 cm³/mol. The van der Waals surface area contributed by atoms with Crippen molar-refractivity contribution in [1.82, 2.24) is 20.2 Å². The minimum atomic E-state index is -0.522. The van der Waals surface area contributed by atoms with Gasteiger partial charge in [0, 0.05) is 55.5 Å². The molecule has 0 radical (unpaired) electrons. The van der Waals surface area contributed by atoms with Gasteiger partial charge in [0.05, 0.1) is 17.7 Å². The normalized spacial score (nSPS) is 24.1. The maximum absolute atomic E-state index is 13.8. The molecule has 2 fully saturated rings. The maximum atomic E-state index is 13.8. The lowest BCUT2D eigenvalue weighted by Gasteiger charge is -2.38. The second-order valence-electron chi connectivity index (χ2n) is 11.0. The fourth-order valence-electron chi connectivity index (χ4n) is 5.96. The van der Waals surface area contributed by atoms with Crippen LogP contribution in [-0.4, -0.2) is 77.4 Å². The van der Waals surface area contributed by atoms with Crippen molar-refractivity contribution in [2.24, 2.45) is 0 Å². The molecule has 1 aromatic heterocycles. The molecule has 1 amide bonds. The zero-order chi connectivity index (χ0) is 26.0. The zero-order valence-electron chi connectivity index (χ0n) is 21.8. The van der Waals surface area contributed by atoms with Crippen LogP contribution in [-0.2, 0) is 9.53 Å². The maximum Gasteiger partial charge on any atom is 0.230 e. The van der Waals surface area contributed by atoms with Crippen molar-refractivity contribution in [2.75, 3.05) is 50.8 Å². The van der Waals surface area contributed by atoms with Gasteiger partial charge in [0.15, 0.2) is 0 Å². The van der Waals surface area contributed by atoms with E-state index in [2.05, 4.69) is 34.0 Å². The van der Waals surface area contributed by atoms with E-state index in [1.165, 1.54) is 0 Å². The Balaban J connectivity index is 1.26. The summed E-state index contributed by atoms with van der Waals surface area (Å²) in [6.07, 6.45) is 4.41. The second-order valence-corrected chi connectivity index (χ2v) is 11.4. The van der Waals surface area contributed by atoms with E-state index in [1.807, 2.05) is 29.2 Å². The molecule has 37 heavy (non-hydrogen) atoms. The van der Waals surface area contributed by atoms with Crippen LogP contribution >= 0.6 is 11.6 Å². The van der Waals surface area contributed by atoms with Gasteiger partial charge >= 0.3 is 0 Å². The van der Waals surface area contributed by atoms with Crippen molar-refractivity contribution in [3.63, 3.8) is 0 Å². The highest BCUT2D eigenvalue weighted by molar-refractivity contribution is 6.30. The van der Waals surface area contributed by atoms with Crippen molar-refractivity contribution in [3.8, 4) is 0 Å². The number of hydrogen-bond donors (Lipinski definition) is 2. The smallest absolute Gasteiger partial charge is 0.230 e. The lowest BCUT2D eigenvalue weighted by Crippen LogP contribution is -2.51. The molecule has 2 aliphatic heterocycles.